The predicted molar refractivity (Wildman–Crippen MR) is 180 cm³/mol. The van der Waals surface area contributed by atoms with Crippen LogP contribution in [0.4, 0.5) is 11.4 Å². The Kier molecular flexibility index (Phi) is 16.5. The molecule has 4 aromatic rings. The number of hydrogen-bond donors (Lipinski definition) is 0. The van der Waals surface area contributed by atoms with Crippen LogP contribution < -0.4 is 0 Å². The first-order chi connectivity index (χ1) is 20.6. The Morgan fingerprint density at radius 3 is 1.09 bits per heavy atom. The maximum absolute atomic E-state index is 4.89. The Labute approximate surface area is 274 Å². The summed E-state index contributed by atoms with van der Waals surface area (Å²) in [4.78, 5) is 26.0. The molecule has 0 radical (unpaired) electrons. The van der Waals surface area contributed by atoms with Gasteiger partial charge in [0.15, 0.2) is 0 Å². The number of rotatable bonds is 8. The number of nitrogens with zero attached hydrogens (tertiary/aromatic N) is 6. The van der Waals surface area contributed by atoms with E-state index in [4.69, 9.17) is 28.6 Å². The average Bonchev–Trinajstić information content (AvgIpc) is 3.00. The van der Waals surface area contributed by atoms with Crippen molar-refractivity contribution >= 4 is 42.4 Å². The van der Waals surface area contributed by atoms with Crippen molar-refractivity contribution in [1.29, 1.82) is 0 Å². The Bertz CT molecular complexity index is 1260. The van der Waals surface area contributed by atoms with E-state index in [1.165, 1.54) is 22.3 Å². The van der Waals surface area contributed by atoms with Crippen molar-refractivity contribution in [2.24, 2.45) is 9.98 Å². The third-order valence-electron chi connectivity index (χ3n) is 6.50. The van der Waals surface area contributed by atoms with Crippen molar-refractivity contribution in [2.75, 3.05) is 0 Å². The first-order valence-corrected chi connectivity index (χ1v) is 18.7. The zero-order valence-corrected chi connectivity index (χ0v) is 29.4. The molecule has 0 aliphatic carbocycles. The second-order valence-corrected chi connectivity index (χ2v) is 13.6. The molecule has 9 heteroatoms. The van der Waals surface area contributed by atoms with Crippen LogP contribution in [0.5, 0.6) is 0 Å². The number of halogens is 2. The zero-order chi connectivity index (χ0) is 31.8. The van der Waals surface area contributed by atoms with Gasteiger partial charge in [0.1, 0.15) is 0 Å². The monoisotopic (exact) mass is 652 g/mol. The fourth-order valence-electron chi connectivity index (χ4n) is 4.34. The number of hydrogen-bond acceptors (Lipinski definition) is 6. The van der Waals surface area contributed by atoms with Crippen LogP contribution in [0.15, 0.2) is 83.6 Å². The van der Waals surface area contributed by atoms with Gasteiger partial charge in [-0.05, 0) is 45.9 Å². The standard InChI is InChI=1S/2C17H21N3.2ClH.Ti/c2*1-12(2)15-6-5-7-16(13(3)4)17(15)20-11-14-10-18-8-9-19-14;;;/h2*5-13H,1-4H3;2*1H;/q;;;;+2/p-2. The van der Waals surface area contributed by atoms with Gasteiger partial charge in [-0.1, -0.05) is 91.8 Å². The van der Waals surface area contributed by atoms with E-state index >= 15 is 0 Å². The topological polar surface area (TPSA) is 76.3 Å². The first kappa shape index (κ1) is 36.4. The van der Waals surface area contributed by atoms with Gasteiger partial charge in [-0.3, -0.25) is 29.9 Å². The van der Waals surface area contributed by atoms with E-state index in [2.05, 4.69) is 112 Å². The van der Waals surface area contributed by atoms with E-state index in [0.717, 1.165) is 22.8 Å². The van der Waals surface area contributed by atoms with Gasteiger partial charge < -0.3 is 0 Å². The Balaban J connectivity index is 0.000000275. The number of benzene rings is 2. The molecule has 0 N–H and O–H groups in total. The van der Waals surface area contributed by atoms with Crippen LogP contribution in [-0.4, -0.2) is 32.4 Å². The Morgan fingerprint density at radius 2 is 0.860 bits per heavy atom. The molecule has 43 heavy (non-hydrogen) atoms. The molecule has 0 aliphatic rings. The van der Waals surface area contributed by atoms with Gasteiger partial charge in [0.25, 0.3) is 0 Å². The summed E-state index contributed by atoms with van der Waals surface area (Å²) in [7, 11) is 9.78. The summed E-state index contributed by atoms with van der Waals surface area (Å²) in [6.07, 6.45) is 13.7. The van der Waals surface area contributed by atoms with Crippen LogP contribution in [0.25, 0.3) is 0 Å². The van der Waals surface area contributed by atoms with Gasteiger partial charge in [0, 0.05) is 24.8 Å². The van der Waals surface area contributed by atoms with Crippen LogP contribution in [0.2, 0.25) is 0 Å². The van der Waals surface area contributed by atoms with E-state index < -0.39 is 17.0 Å². The molecule has 4 rings (SSSR count). The van der Waals surface area contributed by atoms with Gasteiger partial charge in [-0.15, -0.1) is 0 Å². The fraction of sp³-hybridized carbons (Fsp3) is 0.353. The second kappa shape index (κ2) is 19.5. The van der Waals surface area contributed by atoms with Crippen molar-refractivity contribution < 1.29 is 17.0 Å². The molecular weight excluding hydrogens is 611 g/mol. The third-order valence-corrected chi connectivity index (χ3v) is 6.50. The van der Waals surface area contributed by atoms with E-state index in [9.17, 15) is 0 Å². The molecule has 2 heterocycles. The average molecular weight is 654 g/mol. The quantitative estimate of drug-likeness (QED) is 0.140. The molecule has 0 fully saturated rings. The minimum atomic E-state index is -0.556. The van der Waals surface area contributed by atoms with E-state index in [0.29, 0.717) is 23.7 Å². The van der Waals surface area contributed by atoms with Gasteiger partial charge in [-0.25, -0.2) is 0 Å². The van der Waals surface area contributed by atoms with Crippen LogP contribution in [0, 0.1) is 0 Å². The molecule has 0 saturated heterocycles. The molecule has 0 amide bonds. The Hall–Kier alpha value is -2.77. The van der Waals surface area contributed by atoms with E-state index in [-0.39, 0.29) is 0 Å². The summed E-state index contributed by atoms with van der Waals surface area (Å²) in [5.41, 5.74) is 8.80. The Morgan fingerprint density at radius 1 is 0.558 bits per heavy atom. The predicted octanol–water partition coefficient (Wildman–Crippen LogP) is 10.3. The van der Waals surface area contributed by atoms with Crippen LogP contribution >= 0.6 is 18.6 Å². The molecule has 0 unspecified atom stereocenters. The van der Waals surface area contributed by atoms with Crippen molar-refractivity contribution in [3.05, 3.63) is 107 Å². The van der Waals surface area contributed by atoms with Gasteiger partial charge >= 0.3 is 35.6 Å². The molecule has 0 atom stereocenters. The molecular formula is C34H42Cl2N6Ti. The summed E-state index contributed by atoms with van der Waals surface area (Å²) in [6.45, 7) is 17.6. The number of para-hydroxylation sites is 2. The summed E-state index contributed by atoms with van der Waals surface area (Å²) in [5, 5.41) is 0. The number of aliphatic imine (C=N–C) groups is 2. The van der Waals surface area contributed by atoms with Crippen LogP contribution in [-0.2, 0) is 17.0 Å². The second-order valence-electron chi connectivity index (χ2n) is 11.0. The van der Waals surface area contributed by atoms with Crippen molar-refractivity contribution in [3.63, 3.8) is 0 Å². The molecule has 0 spiro atoms. The van der Waals surface area contributed by atoms with Gasteiger partial charge in [0.2, 0.25) is 0 Å². The fourth-order valence-corrected chi connectivity index (χ4v) is 4.34. The normalized spacial score (nSPS) is 11.2. The van der Waals surface area contributed by atoms with E-state index in [1.54, 1.807) is 49.6 Å². The summed E-state index contributed by atoms with van der Waals surface area (Å²) in [6, 6.07) is 12.8. The van der Waals surface area contributed by atoms with Gasteiger partial charge in [0.05, 0.1) is 47.6 Å². The molecule has 0 bridgehead atoms. The number of aromatic nitrogens is 4. The van der Waals surface area contributed by atoms with Crippen molar-refractivity contribution in [2.45, 2.75) is 79.1 Å². The molecule has 0 saturated carbocycles. The SMILES string of the molecule is CC(C)c1cccc(C(C)C)c1N=Cc1cnccn1.CC(C)c1cccc(C(C)C)c1N=Cc1cnccn1.[Cl][Ti][Cl]. The summed E-state index contributed by atoms with van der Waals surface area (Å²) >= 11 is -0.556. The third kappa shape index (κ3) is 12.0. The van der Waals surface area contributed by atoms with Crippen LogP contribution in [0.3, 0.4) is 0 Å². The molecule has 226 valence electrons. The van der Waals surface area contributed by atoms with E-state index in [1.807, 2.05) is 0 Å². The zero-order valence-electron chi connectivity index (χ0n) is 26.3. The summed E-state index contributed by atoms with van der Waals surface area (Å²) < 4.78 is 0. The summed E-state index contributed by atoms with van der Waals surface area (Å²) in [5.74, 6) is 1.79. The molecule has 0 aliphatic heterocycles. The minimum absolute atomic E-state index is 0.447. The van der Waals surface area contributed by atoms with Crippen molar-refractivity contribution in [1.82, 2.24) is 19.9 Å². The molecule has 6 nitrogen and oxygen atoms in total. The first-order valence-electron chi connectivity index (χ1n) is 14.4. The van der Waals surface area contributed by atoms with Crippen LogP contribution in [0.1, 0.15) is 113 Å². The molecule has 2 aromatic heterocycles. The maximum atomic E-state index is 4.89. The van der Waals surface area contributed by atoms with Crippen molar-refractivity contribution in [3.8, 4) is 0 Å². The van der Waals surface area contributed by atoms with Gasteiger partial charge in [-0.2, -0.15) is 0 Å². The molecule has 2 aromatic carbocycles.